The minimum Gasteiger partial charge on any atom is -0.488 e. The summed E-state index contributed by atoms with van der Waals surface area (Å²) >= 11 is 3.60. The van der Waals surface area contributed by atoms with Crippen molar-refractivity contribution in [2.45, 2.75) is 46.0 Å². The first-order valence-electron chi connectivity index (χ1n) is 8.44. The SMILES string of the molecule is COC(=O)C(OC(C)(C)C)c1c(C)ccc(OCc2ccccc2)c1Br. The summed E-state index contributed by atoms with van der Waals surface area (Å²) < 4.78 is 17.6. The zero-order chi connectivity index (χ0) is 19.3. The third-order valence-electron chi connectivity index (χ3n) is 3.75. The van der Waals surface area contributed by atoms with Crippen LogP contribution in [-0.2, 0) is 20.9 Å². The Hall–Kier alpha value is -1.85. The van der Waals surface area contributed by atoms with Crippen LogP contribution in [0, 0.1) is 6.92 Å². The van der Waals surface area contributed by atoms with Crippen molar-refractivity contribution < 1.29 is 19.0 Å². The number of methoxy groups -OCH3 is 1. The highest BCUT2D eigenvalue weighted by Crippen LogP contribution is 2.38. The van der Waals surface area contributed by atoms with E-state index in [1.807, 2.05) is 70.2 Å². The molecule has 0 saturated carbocycles. The van der Waals surface area contributed by atoms with Gasteiger partial charge in [-0.15, -0.1) is 0 Å². The zero-order valence-corrected chi connectivity index (χ0v) is 17.4. The highest BCUT2D eigenvalue weighted by atomic mass is 79.9. The van der Waals surface area contributed by atoms with Crippen LogP contribution in [0.15, 0.2) is 46.9 Å². The fourth-order valence-electron chi connectivity index (χ4n) is 2.52. The van der Waals surface area contributed by atoms with E-state index in [1.165, 1.54) is 7.11 Å². The molecule has 2 aromatic rings. The molecule has 2 rings (SSSR count). The first-order chi connectivity index (χ1) is 12.2. The third kappa shape index (κ3) is 5.32. The highest BCUT2D eigenvalue weighted by molar-refractivity contribution is 9.10. The van der Waals surface area contributed by atoms with Gasteiger partial charge in [-0.1, -0.05) is 36.4 Å². The second-order valence-electron chi connectivity index (χ2n) is 7.02. The number of hydrogen-bond acceptors (Lipinski definition) is 4. The number of ether oxygens (including phenoxy) is 3. The predicted octanol–water partition coefficient (Wildman–Crippen LogP) is 5.37. The molecular formula is C21H25BrO4. The van der Waals surface area contributed by atoms with E-state index in [1.54, 1.807) is 0 Å². The number of hydrogen-bond donors (Lipinski definition) is 0. The minimum absolute atomic E-state index is 0.435. The smallest absolute Gasteiger partial charge is 0.339 e. The molecule has 0 aromatic heterocycles. The Labute approximate surface area is 163 Å². The van der Waals surface area contributed by atoms with Crippen LogP contribution in [0.3, 0.4) is 0 Å². The van der Waals surface area contributed by atoms with E-state index in [-0.39, 0.29) is 0 Å². The molecule has 0 radical (unpaired) electrons. The van der Waals surface area contributed by atoms with Crippen molar-refractivity contribution >= 4 is 21.9 Å². The summed E-state index contributed by atoms with van der Waals surface area (Å²) in [5, 5.41) is 0. The fourth-order valence-corrected chi connectivity index (χ4v) is 3.29. The molecule has 0 spiro atoms. The Morgan fingerprint density at radius 1 is 1.12 bits per heavy atom. The van der Waals surface area contributed by atoms with Gasteiger partial charge in [-0.2, -0.15) is 0 Å². The summed E-state index contributed by atoms with van der Waals surface area (Å²) in [4.78, 5) is 12.4. The molecule has 2 aromatic carbocycles. The molecule has 5 heteroatoms. The van der Waals surface area contributed by atoms with Crippen LogP contribution in [0.1, 0.15) is 43.6 Å². The summed E-state index contributed by atoms with van der Waals surface area (Å²) in [5.41, 5.74) is 2.20. The molecule has 0 saturated heterocycles. The molecule has 4 nitrogen and oxygen atoms in total. The van der Waals surface area contributed by atoms with Gasteiger partial charge in [0.2, 0.25) is 0 Å². The van der Waals surface area contributed by atoms with Gasteiger partial charge >= 0.3 is 5.97 Å². The number of rotatable bonds is 6. The molecule has 1 atom stereocenters. The molecule has 140 valence electrons. The maximum atomic E-state index is 12.4. The van der Waals surface area contributed by atoms with E-state index in [2.05, 4.69) is 15.9 Å². The molecule has 0 amide bonds. The van der Waals surface area contributed by atoms with Crippen LogP contribution in [0.5, 0.6) is 5.75 Å². The number of carbonyl (C=O) groups is 1. The lowest BCUT2D eigenvalue weighted by Crippen LogP contribution is -2.29. The molecule has 0 fully saturated rings. The maximum Gasteiger partial charge on any atom is 0.339 e. The molecule has 0 bridgehead atoms. The van der Waals surface area contributed by atoms with Crippen LogP contribution < -0.4 is 4.74 Å². The Bertz CT molecular complexity index is 751. The first kappa shape index (κ1) is 20.5. The number of benzene rings is 2. The number of halogens is 1. The maximum absolute atomic E-state index is 12.4. The van der Waals surface area contributed by atoms with E-state index in [4.69, 9.17) is 14.2 Å². The van der Waals surface area contributed by atoms with E-state index in [9.17, 15) is 4.79 Å². The normalized spacial score (nSPS) is 12.5. The standard InChI is InChI=1S/C21H25BrO4/c1-14-11-12-16(25-13-15-9-7-6-8-10-15)18(22)17(14)19(20(23)24-5)26-21(2,3)4/h6-12,19H,13H2,1-5H3. The molecule has 1 unspecified atom stereocenters. The Morgan fingerprint density at radius 2 is 1.77 bits per heavy atom. The average Bonchev–Trinajstić information content (AvgIpc) is 2.59. The van der Waals surface area contributed by atoms with Crippen LogP contribution >= 0.6 is 15.9 Å². The summed E-state index contributed by atoms with van der Waals surface area (Å²) in [6.45, 7) is 8.08. The largest absolute Gasteiger partial charge is 0.488 e. The van der Waals surface area contributed by atoms with Gasteiger partial charge in [0, 0.05) is 5.56 Å². The highest BCUT2D eigenvalue weighted by Gasteiger charge is 2.31. The summed E-state index contributed by atoms with van der Waals surface area (Å²) in [6, 6.07) is 13.7. The van der Waals surface area contributed by atoms with Gasteiger partial charge in [-0.3, -0.25) is 0 Å². The molecule has 0 aliphatic carbocycles. The van der Waals surface area contributed by atoms with Crippen molar-refractivity contribution in [1.82, 2.24) is 0 Å². The van der Waals surface area contributed by atoms with Gasteiger partial charge < -0.3 is 14.2 Å². The number of carbonyl (C=O) groups excluding carboxylic acids is 1. The van der Waals surface area contributed by atoms with Crippen molar-refractivity contribution in [2.24, 2.45) is 0 Å². The van der Waals surface area contributed by atoms with Crippen LogP contribution in [0.2, 0.25) is 0 Å². The molecular weight excluding hydrogens is 396 g/mol. The number of esters is 1. The lowest BCUT2D eigenvalue weighted by atomic mass is 10.0. The molecule has 0 aliphatic heterocycles. The quantitative estimate of drug-likeness (QED) is 0.589. The second kappa shape index (κ2) is 8.69. The Balaban J connectivity index is 2.35. The molecule has 26 heavy (non-hydrogen) atoms. The fraction of sp³-hybridized carbons (Fsp3) is 0.381. The average molecular weight is 421 g/mol. The van der Waals surface area contributed by atoms with E-state index in [0.29, 0.717) is 16.8 Å². The Kier molecular flexibility index (Phi) is 6.84. The summed E-state index contributed by atoms with van der Waals surface area (Å²) in [6.07, 6.45) is -0.838. The van der Waals surface area contributed by atoms with Gasteiger partial charge in [-0.25, -0.2) is 4.79 Å². The first-order valence-corrected chi connectivity index (χ1v) is 9.23. The van der Waals surface area contributed by atoms with Crippen molar-refractivity contribution in [1.29, 1.82) is 0 Å². The molecule has 0 heterocycles. The van der Waals surface area contributed by atoms with Crippen molar-refractivity contribution in [3.05, 3.63) is 63.6 Å². The van der Waals surface area contributed by atoms with Crippen molar-refractivity contribution in [2.75, 3.05) is 7.11 Å². The van der Waals surface area contributed by atoms with Gasteiger partial charge in [0.25, 0.3) is 0 Å². The van der Waals surface area contributed by atoms with E-state index in [0.717, 1.165) is 16.7 Å². The molecule has 0 N–H and O–H groups in total. The Morgan fingerprint density at radius 3 is 2.35 bits per heavy atom. The second-order valence-corrected chi connectivity index (χ2v) is 7.81. The zero-order valence-electron chi connectivity index (χ0n) is 15.8. The monoisotopic (exact) mass is 420 g/mol. The van der Waals surface area contributed by atoms with Gasteiger partial charge in [0.05, 0.1) is 17.2 Å². The lowest BCUT2D eigenvalue weighted by molar-refractivity contribution is -0.164. The molecule has 0 aliphatic rings. The summed E-state index contributed by atoms with van der Waals surface area (Å²) in [7, 11) is 1.36. The topological polar surface area (TPSA) is 44.8 Å². The van der Waals surface area contributed by atoms with Gasteiger partial charge in [-0.05, 0) is 60.8 Å². The lowest BCUT2D eigenvalue weighted by Gasteiger charge is -2.28. The van der Waals surface area contributed by atoms with Crippen molar-refractivity contribution in [3.63, 3.8) is 0 Å². The van der Waals surface area contributed by atoms with Crippen LogP contribution in [-0.4, -0.2) is 18.7 Å². The van der Waals surface area contributed by atoms with E-state index >= 15 is 0 Å². The predicted molar refractivity (Wildman–Crippen MR) is 105 cm³/mol. The van der Waals surface area contributed by atoms with Crippen LogP contribution in [0.25, 0.3) is 0 Å². The van der Waals surface area contributed by atoms with Gasteiger partial charge in [0.15, 0.2) is 6.10 Å². The summed E-state index contributed by atoms with van der Waals surface area (Å²) in [5.74, 6) is 0.213. The van der Waals surface area contributed by atoms with E-state index < -0.39 is 17.7 Å². The third-order valence-corrected chi connectivity index (χ3v) is 4.57. The van der Waals surface area contributed by atoms with Crippen LogP contribution in [0.4, 0.5) is 0 Å². The minimum atomic E-state index is -0.838. The van der Waals surface area contributed by atoms with Gasteiger partial charge in [0.1, 0.15) is 12.4 Å². The number of aryl methyl sites for hydroxylation is 1. The van der Waals surface area contributed by atoms with Crippen molar-refractivity contribution in [3.8, 4) is 5.75 Å².